The zero-order valence-corrected chi connectivity index (χ0v) is 10.8. The summed E-state index contributed by atoms with van der Waals surface area (Å²) in [4.78, 5) is 2.10. The molecule has 0 atom stereocenters. The molecule has 0 bridgehead atoms. The van der Waals surface area contributed by atoms with Gasteiger partial charge in [-0.15, -0.1) is 0 Å². The van der Waals surface area contributed by atoms with Crippen LogP contribution in [0.2, 0.25) is 10.0 Å². The van der Waals surface area contributed by atoms with E-state index in [4.69, 9.17) is 33.7 Å². The summed E-state index contributed by atoms with van der Waals surface area (Å²) in [5.41, 5.74) is 5.44. The third-order valence-corrected chi connectivity index (χ3v) is 2.96. The summed E-state index contributed by atoms with van der Waals surface area (Å²) in [7, 11) is 2.00. The maximum absolute atomic E-state index is 5.98. The van der Waals surface area contributed by atoms with Crippen LogP contribution < -0.4 is 10.5 Å². The van der Waals surface area contributed by atoms with Crippen molar-refractivity contribution in [2.45, 2.75) is 0 Å². The molecule has 0 unspecified atom stereocenters. The fourth-order valence-corrected chi connectivity index (χ4v) is 1.59. The molecule has 16 heavy (non-hydrogen) atoms. The maximum atomic E-state index is 5.98. The van der Waals surface area contributed by atoms with Crippen molar-refractivity contribution in [3.05, 3.63) is 28.2 Å². The van der Waals surface area contributed by atoms with E-state index in [1.807, 2.05) is 13.1 Å². The molecule has 0 aliphatic rings. The highest BCUT2D eigenvalue weighted by Crippen LogP contribution is 2.31. The van der Waals surface area contributed by atoms with E-state index in [-0.39, 0.29) is 0 Å². The summed E-state index contributed by atoms with van der Waals surface area (Å²) in [6.07, 6.45) is 0. The van der Waals surface area contributed by atoms with Gasteiger partial charge in [0.2, 0.25) is 0 Å². The van der Waals surface area contributed by atoms with Gasteiger partial charge in [0.05, 0.1) is 5.02 Å². The van der Waals surface area contributed by atoms with Gasteiger partial charge in [0.15, 0.2) is 0 Å². The summed E-state index contributed by atoms with van der Waals surface area (Å²) >= 11 is 11.8. The van der Waals surface area contributed by atoms with Crippen LogP contribution in [0.4, 0.5) is 0 Å². The second kappa shape index (κ2) is 6.97. The highest BCUT2D eigenvalue weighted by Gasteiger charge is 2.05. The first kappa shape index (κ1) is 13.6. The van der Waals surface area contributed by atoms with Crippen LogP contribution in [-0.2, 0) is 0 Å². The molecule has 0 spiro atoms. The number of benzene rings is 1. The van der Waals surface area contributed by atoms with Gasteiger partial charge in [0.25, 0.3) is 0 Å². The van der Waals surface area contributed by atoms with Crippen LogP contribution in [0.15, 0.2) is 18.2 Å². The number of likely N-dealkylation sites (N-methyl/N-ethyl adjacent to an activating group) is 1. The molecule has 2 N–H and O–H groups in total. The van der Waals surface area contributed by atoms with Crippen molar-refractivity contribution < 1.29 is 4.74 Å². The van der Waals surface area contributed by atoms with Crippen LogP contribution in [0, 0.1) is 0 Å². The first-order valence-corrected chi connectivity index (χ1v) is 5.86. The molecule has 0 saturated carbocycles. The van der Waals surface area contributed by atoms with Crippen molar-refractivity contribution in [3.63, 3.8) is 0 Å². The molecule has 1 rings (SSSR count). The Morgan fingerprint density at radius 3 is 2.75 bits per heavy atom. The average Bonchev–Trinajstić information content (AvgIpc) is 2.25. The number of ether oxygens (including phenoxy) is 1. The quantitative estimate of drug-likeness (QED) is 0.855. The second-order valence-corrected chi connectivity index (χ2v) is 4.28. The normalized spacial score (nSPS) is 10.8. The number of nitrogens with zero attached hydrogens (tertiary/aromatic N) is 1. The van der Waals surface area contributed by atoms with Gasteiger partial charge in [0, 0.05) is 19.6 Å². The molecule has 0 heterocycles. The molecular weight excluding hydrogens is 247 g/mol. The molecule has 0 fully saturated rings. The van der Waals surface area contributed by atoms with Crippen LogP contribution in [0.3, 0.4) is 0 Å². The van der Waals surface area contributed by atoms with Crippen LogP contribution in [0.25, 0.3) is 0 Å². The summed E-state index contributed by atoms with van der Waals surface area (Å²) in [6.45, 7) is 2.87. The Balaban J connectivity index is 2.40. The predicted molar refractivity (Wildman–Crippen MR) is 68.5 cm³/mol. The molecule has 1 aromatic carbocycles. The van der Waals surface area contributed by atoms with Gasteiger partial charge in [-0.25, -0.2) is 0 Å². The smallest absolute Gasteiger partial charge is 0.139 e. The lowest BCUT2D eigenvalue weighted by Crippen LogP contribution is -2.29. The van der Waals surface area contributed by atoms with Crippen molar-refractivity contribution in [1.82, 2.24) is 4.90 Å². The molecule has 0 saturated heterocycles. The molecule has 3 nitrogen and oxygen atoms in total. The fourth-order valence-electron chi connectivity index (χ4n) is 1.24. The monoisotopic (exact) mass is 262 g/mol. The van der Waals surface area contributed by atoms with E-state index in [9.17, 15) is 0 Å². The van der Waals surface area contributed by atoms with Gasteiger partial charge in [-0.05, 0) is 19.2 Å². The Morgan fingerprint density at radius 1 is 1.31 bits per heavy atom. The van der Waals surface area contributed by atoms with Gasteiger partial charge in [0.1, 0.15) is 17.4 Å². The van der Waals surface area contributed by atoms with Gasteiger partial charge < -0.3 is 15.4 Å². The lowest BCUT2D eigenvalue weighted by atomic mass is 10.3. The Bertz CT molecular complexity index is 334. The number of hydrogen-bond donors (Lipinski definition) is 1. The van der Waals surface area contributed by atoms with Crippen LogP contribution in [-0.4, -0.2) is 38.2 Å². The Labute approximate surface area is 106 Å². The van der Waals surface area contributed by atoms with Crippen LogP contribution in [0.1, 0.15) is 0 Å². The van der Waals surface area contributed by atoms with E-state index in [0.717, 1.165) is 13.1 Å². The second-order valence-electron chi connectivity index (χ2n) is 3.49. The first-order valence-electron chi connectivity index (χ1n) is 5.10. The molecule has 1 aromatic rings. The largest absolute Gasteiger partial charge is 0.491 e. The standard InChI is InChI=1S/C11H16Cl2N2O/c1-15(6-5-14)7-8-16-10-4-2-3-9(12)11(10)13/h2-4H,5-8,14H2,1H3. The highest BCUT2D eigenvalue weighted by atomic mass is 35.5. The molecule has 5 heteroatoms. The van der Waals surface area contributed by atoms with Gasteiger partial charge in [-0.3, -0.25) is 0 Å². The van der Waals surface area contributed by atoms with Crippen LogP contribution in [0.5, 0.6) is 5.75 Å². The number of halogens is 2. The number of nitrogens with two attached hydrogens (primary N) is 1. The summed E-state index contributed by atoms with van der Waals surface area (Å²) in [5, 5.41) is 0.972. The molecule has 90 valence electrons. The Kier molecular flexibility index (Phi) is 5.91. The van der Waals surface area contributed by atoms with Crippen LogP contribution >= 0.6 is 23.2 Å². The zero-order valence-electron chi connectivity index (χ0n) is 9.25. The van der Waals surface area contributed by atoms with Crippen molar-refractivity contribution in [1.29, 1.82) is 0 Å². The van der Waals surface area contributed by atoms with E-state index in [1.165, 1.54) is 0 Å². The lowest BCUT2D eigenvalue weighted by Gasteiger charge is -2.16. The summed E-state index contributed by atoms with van der Waals surface area (Å²) < 4.78 is 5.54. The molecule has 0 radical (unpaired) electrons. The highest BCUT2D eigenvalue weighted by molar-refractivity contribution is 6.42. The third-order valence-electron chi connectivity index (χ3n) is 2.16. The van der Waals surface area contributed by atoms with Crippen molar-refractivity contribution in [3.8, 4) is 5.75 Å². The zero-order chi connectivity index (χ0) is 12.0. The van der Waals surface area contributed by atoms with Crippen molar-refractivity contribution in [2.24, 2.45) is 5.73 Å². The first-order chi connectivity index (χ1) is 7.65. The Morgan fingerprint density at radius 2 is 2.06 bits per heavy atom. The van der Waals surface area contributed by atoms with Gasteiger partial charge in [-0.2, -0.15) is 0 Å². The Hall–Kier alpha value is -0.480. The van der Waals surface area contributed by atoms with E-state index in [0.29, 0.717) is 28.9 Å². The van der Waals surface area contributed by atoms with Gasteiger partial charge in [-0.1, -0.05) is 29.3 Å². The molecule has 0 aromatic heterocycles. The minimum Gasteiger partial charge on any atom is -0.491 e. The van der Waals surface area contributed by atoms with Gasteiger partial charge >= 0.3 is 0 Å². The molecular formula is C11H16Cl2N2O. The summed E-state index contributed by atoms with van der Waals surface area (Å²) in [5.74, 6) is 0.621. The lowest BCUT2D eigenvalue weighted by molar-refractivity contribution is 0.241. The van der Waals surface area contributed by atoms with E-state index < -0.39 is 0 Å². The molecule has 0 amide bonds. The van der Waals surface area contributed by atoms with Crippen molar-refractivity contribution >= 4 is 23.2 Å². The number of rotatable bonds is 6. The van der Waals surface area contributed by atoms with E-state index in [1.54, 1.807) is 12.1 Å². The molecule has 0 aliphatic carbocycles. The third kappa shape index (κ3) is 4.18. The molecule has 0 aliphatic heterocycles. The van der Waals surface area contributed by atoms with E-state index >= 15 is 0 Å². The minimum absolute atomic E-state index is 0.464. The van der Waals surface area contributed by atoms with E-state index in [2.05, 4.69) is 4.90 Å². The summed E-state index contributed by atoms with van der Waals surface area (Å²) in [6, 6.07) is 5.35. The SMILES string of the molecule is CN(CCN)CCOc1cccc(Cl)c1Cl. The predicted octanol–water partition coefficient (Wildman–Crippen LogP) is 2.26. The minimum atomic E-state index is 0.464. The topological polar surface area (TPSA) is 38.5 Å². The fraction of sp³-hybridized carbons (Fsp3) is 0.455. The number of hydrogen-bond acceptors (Lipinski definition) is 3. The average molecular weight is 263 g/mol. The maximum Gasteiger partial charge on any atom is 0.139 e. The van der Waals surface area contributed by atoms with Crippen molar-refractivity contribution in [2.75, 3.05) is 33.3 Å².